The zero-order valence-corrected chi connectivity index (χ0v) is 11.8. The summed E-state index contributed by atoms with van der Waals surface area (Å²) in [6.45, 7) is 1.49. The lowest BCUT2D eigenvalue weighted by Crippen LogP contribution is -2.35. The molecular formula is C10H12Cl2N4OS. The summed E-state index contributed by atoms with van der Waals surface area (Å²) >= 11 is 16.6. The third-order valence-electron chi connectivity index (χ3n) is 2.45. The van der Waals surface area contributed by atoms with Crippen LogP contribution in [-0.4, -0.2) is 34.3 Å². The quantitative estimate of drug-likeness (QED) is 0.835. The summed E-state index contributed by atoms with van der Waals surface area (Å²) in [5.41, 5.74) is 0. The zero-order valence-electron chi connectivity index (χ0n) is 9.45. The van der Waals surface area contributed by atoms with Gasteiger partial charge >= 0.3 is 0 Å². The summed E-state index contributed by atoms with van der Waals surface area (Å²) in [5, 5.41) is 6.77. The van der Waals surface area contributed by atoms with Gasteiger partial charge in [0.05, 0.1) is 12.3 Å². The average Bonchev–Trinajstić information content (AvgIpc) is 2.83. The van der Waals surface area contributed by atoms with Crippen LogP contribution in [0.15, 0.2) is 6.20 Å². The summed E-state index contributed by atoms with van der Waals surface area (Å²) in [6, 6.07) is 0. The molecule has 1 aromatic heterocycles. The van der Waals surface area contributed by atoms with E-state index in [0.717, 1.165) is 19.4 Å². The van der Waals surface area contributed by atoms with Gasteiger partial charge in [0.15, 0.2) is 16.1 Å². The van der Waals surface area contributed by atoms with Crippen molar-refractivity contribution in [3.63, 3.8) is 0 Å². The van der Waals surface area contributed by atoms with Crippen LogP contribution in [0.25, 0.3) is 0 Å². The lowest BCUT2D eigenvalue weighted by atomic mass is 10.2. The largest absolute Gasteiger partial charge is 0.376 e. The number of nitrogens with zero attached hydrogens (tertiary/aromatic N) is 2. The van der Waals surface area contributed by atoms with Crippen molar-refractivity contribution in [3.05, 3.63) is 16.5 Å². The van der Waals surface area contributed by atoms with Gasteiger partial charge in [0, 0.05) is 13.2 Å². The van der Waals surface area contributed by atoms with Crippen LogP contribution >= 0.6 is 35.4 Å². The van der Waals surface area contributed by atoms with Gasteiger partial charge in [-0.05, 0) is 25.1 Å². The van der Waals surface area contributed by atoms with Gasteiger partial charge in [-0.25, -0.2) is 9.97 Å². The normalized spacial score (nSPS) is 18.7. The Hall–Kier alpha value is -0.690. The highest BCUT2D eigenvalue weighted by atomic mass is 35.5. The Morgan fingerprint density at radius 2 is 2.39 bits per heavy atom. The number of ether oxygens (including phenoxy) is 1. The van der Waals surface area contributed by atoms with Crippen LogP contribution in [0.5, 0.6) is 0 Å². The van der Waals surface area contributed by atoms with E-state index in [9.17, 15) is 0 Å². The molecule has 2 N–H and O–H groups in total. The molecule has 0 amide bonds. The fraction of sp³-hybridized carbons (Fsp3) is 0.500. The fourth-order valence-electron chi connectivity index (χ4n) is 1.59. The van der Waals surface area contributed by atoms with E-state index in [0.29, 0.717) is 17.5 Å². The van der Waals surface area contributed by atoms with Crippen LogP contribution in [0.3, 0.4) is 0 Å². The highest BCUT2D eigenvalue weighted by Gasteiger charge is 2.15. The van der Waals surface area contributed by atoms with Crippen molar-refractivity contribution in [2.24, 2.45) is 0 Å². The first-order chi connectivity index (χ1) is 8.65. The topological polar surface area (TPSA) is 59.1 Å². The maximum absolute atomic E-state index is 5.87. The van der Waals surface area contributed by atoms with E-state index in [1.165, 1.54) is 6.20 Å². The molecule has 1 aliphatic rings. The minimum absolute atomic E-state index is 0.184. The van der Waals surface area contributed by atoms with Crippen LogP contribution in [0.1, 0.15) is 12.8 Å². The molecule has 1 atom stereocenters. The number of nitrogens with one attached hydrogen (secondary N) is 2. The molecule has 0 aliphatic carbocycles. The zero-order chi connectivity index (χ0) is 13.0. The third-order valence-corrected chi connectivity index (χ3v) is 3.14. The summed E-state index contributed by atoms with van der Waals surface area (Å²) in [5.74, 6) is 0.380. The Bertz CT molecular complexity index is 440. The molecule has 0 unspecified atom stereocenters. The van der Waals surface area contributed by atoms with Gasteiger partial charge in [0.25, 0.3) is 0 Å². The molecule has 1 fully saturated rings. The van der Waals surface area contributed by atoms with Crippen LogP contribution in [0.4, 0.5) is 5.82 Å². The van der Waals surface area contributed by atoms with Gasteiger partial charge in [0.2, 0.25) is 0 Å². The van der Waals surface area contributed by atoms with E-state index >= 15 is 0 Å². The first-order valence-electron chi connectivity index (χ1n) is 5.49. The maximum Gasteiger partial charge on any atom is 0.173 e. The van der Waals surface area contributed by atoms with Crippen molar-refractivity contribution < 1.29 is 4.74 Å². The standard InChI is InChI=1S/C10H12Cl2N4OS/c11-7-5-13-9(8(12)15-7)16-10(18)14-4-6-2-1-3-17-6/h5-6H,1-4H2,(H2,13,14,16,18)/t6-/m1/s1. The van der Waals surface area contributed by atoms with E-state index in [1.54, 1.807) is 0 Å². The van der Waals surface area contributed by atoms with E-state index in [2.05, 4.69) is 20.6 Å². The fourth-order valence-corrected chi connectivity index (χ4v) is 2.14. The molecule has 2 rings (SSSR count). The molecule has 0 aromatic carbocycles. The van der Waals surface area contributed by atoms with Crippen LogP contribution in [0.2, 0.25) is 10.3 Å². The molecule has 1 aromatic rings. The number of hydrogen-bond donors (Lipinski definition) is 2. The van der Waals surface area contributed by atoms with Crippen LogP contribution in [0, 0.1) is 0 Å². The van der Waals surface area contributed by atoms with Crippen LogP contribution in [-0.2, 0) is 4.74 Å². The molecule has 5 nitrogen and oxygen atoms in total. The average molecular weight is 307 g/mol. The van der Waals surface area contributed by atoms with E-state index in [-0.39, 0.29) is 16.4 Å². The predicted molar refractivity (Wildman–Crippen MR) is 75.2 cm³/mol. The van der Waals surface area contributed by atoms with Gasteiger partial charge in [-0.1, -0.05) is 23.2 Å². The second kappa shape index (κ2) is 6.47. The second-order valence-corrected chi connectivity index (χ2v) is 4.96. The molecule has 1 saturated heterocycles. The van der Waals surface area contributed by atoms with Crippen molar-refractivity contribution in [2.45, 2.75) is 18.9 Å². The molecule has 0 saturated carbocycles. The summed E-state index contributed by atoms with van der Waals surface area (Å²) < 4.78 is 5.47. The SMILES string of the molecule is S=C(NC[C@H]1CCCO1)Nc1ncc(Cl)nc1Cl. The van der Waals surface area contributed by atoms with Crippen molar-refractivity contribution in [2.75, 3.05) is 18.5 Å². The van der Waals surface area contributed by atoms with Gasteiger partial charge in [0.1, 0.15) is 5.15 Å². The molecule has 98 valence electrons. The number of anilines is 1. The Balaban J connectivity index is 1.82. The van der Waals surface area contributed by atoms with Crippen molar-refractivity contribution in [1.29, 1.82) is 0 Å². The Morgan fingerprint density at radius 3 is 3.06 bits per heavy atom. The number of aromatic nitrogens is 2. The van der Waals surface area contributed by atoms with Gasteiger partial charge in [-0.2, -0.15) is 0 Å². The number of hydrogen-bond acceptors (Lipinski definition) is 4. The lowest BCUT2D eigenvalue weighted by molar-refractivity contribution is 0.114. The smallest absolute Gasteiger partial charge is 0.173 e. The first kappa shape index (κ1) is 13.7. The van der Waals surface area contributed by atoms with Crippen molar-refractivity contribution in [3.8, 4) is 0 Å². The molecular weight excluding hydrogens is 295 g/mol. The Labute approximate surface area is 120 Å². The molecule has 8 heteroatoms. The van der Waals surface area contributed by atoms with Gasteiger partial charge in [-0.3, -0.25) is 0 Å². The third kappa shape index (κ3) is 3.91. The number of halogens is 2. The first-order valence-corrected chi connectivity index (χ1v) is 6.66. The van der Waals surface area contributed by atoms with Gasteiger partial charge in [-0.15, -0.1) is 0 Å². The highest BCUT2D eigenvalue weighted by molar-refractivity contribution is 7.80. The van der Waals surface area contributed by atoms with Crippen molar-refractivity contribution >= 4 is 46.4 Å². The molecule has 0 bridgehead atoms. The molecule has 0 spiro atoms. The highest BCUT2D eigenvalue weighted by Crippen LogP contribution is 2.18. The Morgan fingerprint density at radius 1 is 1.56 bits per heavy atom. The second-order valence-electron chi connectivity index (χ2n) is 3.80. The van der Waals surface area contributed by atoms with Crippen LogP contribution < -0.4 is 10.6 Å². The maximum atomic E-state index is 5.87. The molecule has 18 heavy (non-hydrogen) atoms. The minimum Gasteiger partial charge on any atom is -0.376 e. The van der Waals surface area contributed by atoms with E-state index in [1.807, 2.05) is 0 Å². The summed E-state index contributed by atoms with van der Waals surface area (Å²) in [6.07, 6.45) is 3.77. The molecule has 2 heterocycles. The number of thiocarbonyl (C=S) groups is 1. The minimum atomic E-state index is 0.184. The lowest BCUT2D eigenvalue weighted by Gasteiger charge is -2.13. The monoisotopic (exact) mass is 306 g/mol. The van der Waals surface area contributed by atoms with Gasteiger partial charge < -0.3 is 15.4 Å². The molecule has 0 radical (unpaired) electrons. The van der Waals surface area contributed by atoms with E-state index in [4.69, 9.17) is 40.2 Å². The predicted octanol–water partition coefficient (Wildman–Crippen LogP) is 2.25. The molecule has 1 aliphatic heterocycles. The van der Waals surface area contributed by atoms with Crippen molar-refractivity contribution in [1.82, 2.24) is 15.3 Å². The summed E-state index contributed by atoms with van der Waals surface area (Å²) in [4.78, 5) is 7.86. The summed E-state index contributed by atoms with van der Waals surface area (Å²) in [7, 11) is 0. The Kier molecular flexibility index (Phi) is 4.94. The number of rotatable bonds is 3. The van der Waals surface area contributed by atoms with E-state index < -0.39 is 0 Å².